The molecule has 4 amide bonds. The van der Waals surface area contributed by atoms with Gasteiger partial charge in [0, 0.05) is 62.9 Å². The minimum atomic E-state index is -1.31. The van der Waals surface area contributed by atoms with E-state index in [4.69, 9.17) is 9.47 Å². The third kappa shape index (κ3) is 17.3. The van der Waals surface area contributed by atoms with Gasteiger partial charge >= 0.3 is 12.2 Å². The van der Waals surface area contributed by atoms with Crippen LogP contribution in [0.5, 0.6) is 0 Å². The van der Waals surface area contributed by atoms with Crippen LogP contribution in [-0.4, -0.2) is 101 Å². The fraction of sp³-hybridized carbons (Fsp3) is 0.344. The van der Waals surface area contributed by atoms with Gasteiger partial charge in [-0.2, -0.15) is 0 Å². The van der Waals surface area contributed by atoms with Crippen molar-refractivity contribution in [3.63, 3.8) is 0 Å². The lowest BCUT2D eigenvalue weighted by Gasteiger charge is -2.39. The second kappa shape index (κ2) is 27.1. The van der Waals surface area contributed by atoms with Crippen LogP contribution in [0.1, 0.15) is 87.8 Å². The molecule has 0 spiro atoms. The molecular weight excluding hydrogens is 1030 g/mol. The Balaban J connectivity index is 0.000000231. The van der Waals surface area contributed by atoms with Crippen LogP contribution >= 0.6 is 0 Å². The smallest absolute Gasteiger partial charge is 0.417 e. The lowest BCUT2D eigenvalue weighted by Crippen LogP contribution is -2.55. The minimum absolute atomic E-state index is 0.0518. The molecule has 422 valence electrons. The number of aliphatic hydroxyl groups is 2. The van der Waals surface area contributed by atoms with Crippen LogP contribution in [0.2, 0.25) is 0 Å². The highest BCUT2D eigenvalue weighted by Crippen LogP contribution is 2.32. The van der Waals surface area contributed by atoms with E-state index in [1.54, 1.807) is 41.5 Å². The normalized spacial score (nSPS) is 17.0. The minimum Gasteiger partial charge on any atom is -0.443 e. The van der Waals surface area contributed by atoms with E-state index in [0.717, 1.165) is 44.2 Å². The van der Waals surface area contributed by atoms with Gasteiger partial charge in [-0.15, -0.1) is 0 Å². The van der Waals surface area contributed by atoms with Gasteiger partial charge in [0.1, 0.15) is 34.5 Å². The molecular formula is C64H70F4N4O8. The quantitative estimate of drug-likeness (QED) is 0.0800. The van der Waals surface area contributed by atoms with Gasteiger partial charge in [-0.25, -0.2) is 37.0 Å². The van der Waals surface area contributed by atoms with Crippen molar-refractivity contribution in [3.05, 3.63) is 227 Å². The van der Waals surface area contributed by atoms with Gasteiger partial charge in [0.25, 0.3) is 5.91 Å². The Kier molecular flexibility index (Phi) is 20.4. The number of rotatable bonds is 18. The second-order valence-electron chi connectivity index (χ2n) is 22.2. The van der Waals surface area contributed by atoms with E-state index < -0.39 is 94.8 Å². The first kappa shape index (κ1) is 60.1. The third-order valence-corrected chi connectivity index (χ3v) is 13.5. The summed E-state index contributed by atoms with van der Waals surface area (Å²) in [6.07, 6.45) is -1.05. The summed E-state index contributed by atoms with van der Waals surface area (Å²) >= 11 is 0. The highest BCUT2D eigenvalue weighted by molar-refractivity contribution is 6.01. The largest absolute Gasteiger partial charge is 0.443 e. The summed E-state index contributed by atoms with van der Waals surface area (Å²) in [7, 11) is 0. The molecule has 2 aliphatic rings. The summed E-state index contributed by atoms with van der Waals surface area (Å²) < 4.78 is 67.8. The van der Waals surface area contributed by atoms with E-state index in [1.165, 1.54) is 36.4 Å². The molecule has 6 aromatic carbocycles. The highest BCUT2D eigenvalue weighted by Gasteiger charge is 2.46. The van der Waals surface area contributed by atoms with Crippen molar-refractivity contribution in [2.75, 3.05) is 0 Å². The van der Waals surface area contributed by atoms with E-state index in [0.29, 0.717) is 37.3 Å². The van der Waals surface area contributed by atoms with E-state index in [-0.39, 0.29) is 25.7 Å². The molecule has 0 aromatic heterocycles. The van der Waals surface area contributed by atoms with E-state index in [2.05, 4.69) is 0 Å². The molecule has 0 saturated carbocycles. The Labute approximate surface area is 465 Å². The number of benzene rings is 6. The van der Waals surface area contributed by atoms with E-state index in [9.17, 15) is 47.0 Å². The van der Waals surface area contributed by atoms with Crippen LogP contribution in [-0.2, 0) is 58.1 Å². The summed E-state index contributed by atoms with van der Waals surface area (Å²) in [6, 6.07) is 41.8. The van der Waals surface area contributed by atoms with Crippen LogP contribution in [0.3, 0.4) is 0 Å². The maximum Gasteiger partial charge on any atom is 0.417 e. The number of amides is 4. The summed E-state index contributed by atoms with van der Waals surface area (Å²) in [6.45, 7) is 11.8. The van der Waals surface area contributed by atoms with Crippen LogP contribution in [0.25, 0.3) is 0 Å². The number of hydrogen-bond acceptors (Lipinski definition) is 10. The molecule has 0 aliphatic carbocycles. The first-order valence-electron chi connectivity index (χ1n) is 26.7. The Morgan fingerprint density at radius 3 is 1.21 bits per heavy atom. The SMILES string of the molecule is CC(C)(C)OC(=O)N1C(=O)C=C[C@@H]1[C@@H](O)[C@H](Cc1cc(F)cc(F)c1)N(Cc1ccccc1)Cc1ccccc1.CC(C)(C)OC(=O)N1C(=O)CC[C@@H]1[C@@H](O)[C@H](Cc1cc(F)cc(F)c1)N(Cc1ccccc1)Cc1ccccc1. The van der Waals surface area contributed by atoms with Gasteiger partial charge in [-0.1, -0.05) is 127 Å². The zero-order chi connectivity index (χ0) is 57.7. The summed E-state index contributed by atoms with van der Waals surface area (Å²) in [5.74, 6) is -3.92. The number of hydrogen-bond donors (Lipinski definition) is 2. The summed E-state index contributed by atoms with van der Waals surface area (Å²) in [5, 5.41) is 23.8. The summed E-state index contributed by atoms with van der Waals surface area (Å²) in [5.41, 5.74) is 2.89. The number of halogens is 4. The predicted molar refractivity (Wildman–Crippen MR) is 296 cm³/mol. The lowest BCUT2D eigenvalue weighted by atomic mass is 9.92. The zero-order valence-corrected chi connectivity index (χ0v) is 45.9. The van der Waals surface area contributed by atoms with Gasteiger partial charge in [0.15, 0.2) is 0 Å². The molecule has 6 atom stereocenters. The second-order valence-corrected chi connectivity index (χ2v) is 22.2. The topological polar surface area (TPSA) is 140 Å². The molecule has 0 unspecified atom stereocenters. The Morgan fingerprint density at radius 1 is 0.525 bits per heavy atom. The molecule has 6 aromatic rings. The fourth-order valence-corrected chi connectivity index (χ4v) is 10.1. The van der Waals surface area contributed by atoms with E-state index in [1.807, 2.05) is 131 Å². The Bertz CT molecular complexity index is 2900. The van der Waals surface area contributed by atoms with Crippen molar-refractivity contribution in [3.8, 4) is 0 Å². The van der Waals surface area contributed by atoms with Crippen LogP contribution < -0.4 is 0 Å². The molecule has 0 bridgehead atoms. The van der Waals surface area contributed by atoms with Gasteiger partial charge in [0.05, 0.1) is 24.3 Å². The van der Waals surface area contributed by atoms with Gasteiger partial charge in [-0.05, 0) is 118 Å². The van der Waals surface area contributed by atoms with Crippen molar-refractivity contribution in [2.45, 2.75) is 141 Å². The van der Waals surface area contributed by atoms with Crippen molar-refractivity contribution in [2.24, 2.45) is 0 Å². The molecule has 1 fully saturated rings. The molecule has 80 heavy (non-hydrogen) atoms. The van der Waals surface area contributed by atoms with E-state index >= 15 is 0 Å². The average molecular weight is 1100 g/mol. The third-order valence-electron chi connectivity index (χ3n) is 13.5. The molecule has 12 nitrogen and oxygen atoms in total. The number of carbonyl (C=O) groups is 4. The van der Waals surface area contributed by atoms with Crippen LogP contribution in [0.15, 0.2) is 170 Å². The fourth-order valence-electron chi connectivity index (χ4n) is 10.1. The van der Waals surface area contributed by atoms with Crippen LogP contribution in [0.4, 0.5) is 27.2 Å². The van der Waals surface area contributed by atoms with Crippen LogP contribution in [0, 0.1) is 23.3 Å². The number of nitrogens with zero attached hydrogens (tertiary/aromatic N) is 4. The monoisotopic (exact) mass is 1100 g/mol. The summed E-state index contributed by atoms with van der Waals surface area (Å²) in [4.78, 5) is 57.6. The standard InChI is InChI=1S/C32H36F2N2O4.C32H34F2N2O4/c2*1-32(2,3)40-31(39)36-27(14-15-29(36)37)30(38)28(18-24-16-25(33)19-26(34)17-24)35(20-22-10-6-4-7-11-22)21-23-12-8-5-9-13-23/h4-13,16-17,19,27-28,30,38H,14-15,18,20-21H2,1-3H3;4-17,19,27-28,30,38H,18,20-21H2,1-3H3/t2*27-,28+,30-/m11/s1. The average Bonchev–Trinajstić information content (AvgIpc) is 4.10. The number of ether oxygens (including phenoxy) is 2. The number of likely N-dealkylation sites (tertiary alicyclic amines) is 1. The zero-order valence-electron chi connectivity index (χ0n) is 45.9. The Hall–Kier alpha value is -7.50. The highest BCUT2D eigenvalue weighted by atomic mass is 19.1. The van der Waals surface area contributed by atoms with Gasteiger partial charge in [-0.3, -0.25) is 19.4 Å². The van der Waals surface area contributed by atoms with Crippen molar-refractivity contribution in [1.29, 1.82) is 0 Å². The molecule has 16 heteroatoms. The number of aliphatic hydroxyl groups excluding tert-OH is 2. The predicted octanol–water partition coefficient (Wildman–Crippen LogP) is 11.5. The van der Waals surface area contributed by atoms with Crippen molar-refractivity contribution in [1.82, 2.24) is 19.6 Å². The molecule has 2 heterocycles. The molecule has 8 rings (SSSR count). The van der Waals surface area contributed by atoms with Gasteiger partial charge in [0.2, 0.25) is 5.91 Å². The number of imide groups is 2. The first-order valence-corrected chi connectivity index (χ1v) is 26.7. The molecule has 0 radical (unpaired) electrons. The molecule has 2 N–H and O–H groups in total. The number of carbonyl (C=O) groups excluding carboxylic acids is 4. The van der Waals surface area contributed by atoms with Crippen molar-refractivity contribution >= 4 is 24.0 Å². The Morgan fingerprint density at radius 2 is 0.863 bits per heavy atom. The molecule has 2 aliphatic heterocycles. The maximum atomic E-state index is 14.2. The van der Waals surface area contributed by atoms with Gasteiger partial charge < -0.3 is 19.7 Å². The maximum absolute atomic E-state index is 14.2. The first-order chi connectivity index (χ1) is 38.0. The molecule has 1 saturated heterocycles. The lowest BCUT2D eigenvalue weighted by molar-refractivity contribution is -0.130. The van der Waals surface area contributed by atoms with Crippen molar-refractivity contribution < 1.29 is 56.4 Å².